The highest BCUT2D eigenvalue weighted by atomic mass is 35.5. The smallest absolute Gasteiger partial charge is 0.328 e. The van der Waals surface area contributed by atoms with Crippen LogP contribution in [0.2, 0.25) is 10.0 Å². The van der Waals surface area contributed by atoms with Crippen molar-refractivity contribution in [3.63, 3.8) is 0 Å². The molecular formula is C23H22Cl2N6O6. The molecular weight excluding hydrogens is 527 g/mol. The predicted octanol–water partition coefficient (Wildman–Crippen LogP) is 2.98. The molecule has 0 spiro atoms. The molecule has 37 heavy (non-hydrogen) atoms. The summed E-state index contributed by atoms with van der Waals surface area (Å²) in [4.78, 5) is 44.3. The fourth-order valence-corrected chi connectivity index (χ4v) is 3.37. The first-order valence-corrected chi connectivity index (χ1v) is 11.5. The molecule has 12 nitrogen and oxygen atoms in total. The van der Waals surface area contributed by atoms with Crippen molar-refractivity contribution < 1.29 is 29.3 Å². The minimum absolute atomic E-state index is 0.107. The third-order valence-electron chi connectivity index (χ3n) is 4.68. The van der Waals surface area contributed by atoms with Gasteiger partial charge in [0, 0.05) is 30.0 Å². The van der Waals surface area contributed by atoms with Gasteiger partial charge in [-0.05, 0) is 36.4 Å². The van der Waals surface area contributed by atoms with E-state index in [2.05, 4.69) is 31.2 Å². The molecule has 194 valence electrons. The largest absolute Gasteiger partial charge is 0.507 e. The molecule has 0 saturated carbocycles. The quantitative estimate of drug-likeness (QED) is 0.197. The van der Waals surface area contributed by atoms with Gasteiger partial charge in [-0.1, -0.05) is 23.2 Å². The Bertz CT molecular complexity index is 1260. The molecule has 14 heteroatoms. The molecule has 0 fully saturated rings. The molecule has 0 bridgehead atoms. The van der Waals surface area contributed by atoms with Crippen molar-refractivity contribution in [2.75, 3.05) is 30.3 Å². The number of aliphatic carboxylic acids is 1. The van der Waals surface area contributed by atoms with Gasteiger partial charge in [-0.25, -0.2) is 19.6 Å². The van der Waals surface area contributed by atoms with E-state index in [1.165, 1.54) is 36.4 Å². The fourth-order valence-electron chi connectivity index (χ4n) is 2.91. The van der Waals surface area contributed by atoms with Crippen LogP contribution in [0.3, 0.4) is 0 Å². The number of ether oxygens (including phenoxy) is 1. The number of carboxylic acids is 1. The summed E-state index contributed by atoms with van der Waals surface area (Å²) in [5.41, 5.74) is 0.109. The summed E-state index contributed by atoms with van der Waals surface area (Å²) in [6, 6.07) is 7.78. The number of urea groups is 1. The van der Waals surface area contributed by atoms with Gasteiger partial charge in [0.25, 0.3) is 5.91 Å². The zero-order valence-corrected chi connectivity index (χ0v) is 20.6. The Balaban J connectivity index is 1.49. The van der Waals surface area contributed by atoms with Gasteiger partial charge < -0.3 is 36.2 Å². The third-order valence-corrected chi connectivity index (χ3v) is 5.23. The lowest BCUT2D eigenvalue weighted by Gasteiger charge is -2.17. The van der Waals surface area contributed by atoms with Crippen LogP contribution in [-0.4, -0.2) is 63.8 Å². The number of carbonyl (C=O) groups excluding carboxylic acids is 2. The molecule has 0 aliphatic heterocycles. The highest BCUT2D eigenvalue weighted by Crippen LogP contribution is 2.25. The molecule has 2 aromatic carbocycles. The number of rotatable bonds is 11. The van der Waals surface area contributed by atoms with Crippen LogP contribution >= 0.6 is 23.2 Å². The topological polar surface area (TPSA) is 175 Å². The van der Waals surface area contributed by atoms with Gasteiger partial charge in [-0.2, -0.15) is 0 Å². The van der Waals surface area contributed by atoms with Gasteiger partial charge in [0.05, 0.1) is 22.8 Å². The summed E-state index contributed by atoms with van der Waals surface area (Å²) in [5, 5.41) is 30.1. The van der Waals surface area contributed by atoms with Crippen molar-refractivity contribution in [2.45, 2.75) is 6.04 Å². The summed E-state index contributed by atoms with van der Waals surface area (Å²) < 4.78 is 5.52. The van der Waals surface area contributed by atoms with E-state index in [4.69, 9.17) is 27.9 Å². The lowest BCUT2D eigenvalue weighted by molar-refractivity contribution is -0.138. The van der Waals surface area contributed by atoms with Crippen LogP contribution in [0.5, 0.6) is 11.5 Å². The Morgan fingerprint density at radius 1 is 1.05 bits per heavy atom. The van der Waals surface area contributed by atoms with Gasteiger partial charge in [0.2, 0.25) is 5.95 Å². The molecule has 6 N–H and O–H groups in total. The van der Waals surface area contributed by atoms with E-state index in [1.807, 2.05) is 0 Å². The van der Waals surface area contributed by atoms with Crippen LogP contribution in [0, 0.1) is 0 Å². The van der Waals surface area contributed by atoms with E-state index < -0.39 is 30.5 Å². The number of halogens is 2. The second kappa shape index (κ2) is 13.1. The maximum atomic E-state index is 12.5. The van der Waals surface area contributed by atoms with E-state index in [9.17, 15) is 24.6 Å². The standard InChI is InChI=1S/C23H22Cl2N6O6/c24-13-2-5-17(16(25)10-13)30-23(36)31-18(21(34)35)12-29-20(33)15-4-3-14(11-19(15)32)37-9-8-28-22-26-6-1-7-27-22/h1-7,10-11,18,32H,8-9,12H2,(H,29,33)(H,34,35)(H,26,27,28)(H2,30,31,36)/t18-/m0/s1. The Labute approximate surface area is 221 Å². The molecule has 0 radical (unpaired) electrons. The lowest BCUT2D eigenvalue weighted by atomic mass is 10.1. The minimum atomic E-state index is -1.47. The van der Waals surface area contributed by atoms with Crippen LogP contribution in [0.4, 0.5) is 16.4 Å². The highest BCUT2D eigenvalue weighted by molar-refractivity contribution is 6.36. The number of nitrogens with zero attached hydrogens (tertiary/aromatic N) is 2. The van der Waals surface area contributed by atoms with Crippen LogP contribution in [0.1, 0.15) is 10.4 Å². The molecule has 3 amide bonds. The average molecular weight is 549 g/mol. The molecule has 0 aliphatic rings. The molecule has 0 aliphatic carbocycles. The second-order valence-electron chi connectivity index (χ2n) is 7.35. The van der Waals surface area contributed by atoms with Crippen LogP contribution in [-0.2, 0) is 4.79 Å². The monoisotopic (exact) mass is 548 g/mol. The van der Waals surface area contributed by atoms with Crippen molar-refractivity contribution in [1.29, 1.82) is 0 Å². The van der Waals surface area contributed by atoms with Crippen molar-refractivity contribution in [3.05, 3.63) is 70.5 Å². The Morgan fingerprint density at radius 3 is 2.49 bits per heavy atom. The molecule has 1 aromatic heterocycles. The number of hydrogen-bond acceptors (Lipinski definition) is 8. The van der Waals surface area contributed by atoms with Crippen molar-refractivity contribution >= 4 is 52.7 Å². The van der Waals surface area contributed by atoms with Crippen LogP contribution < -0.4 is 26.0 Å². The Hall–Kier alpha value is -4.29. The number of amides is 3. The molecule has 1 atom stereocenters. The first-order chi connectivity index (χ1) is 17.7. The summed E-state index contributed by atoms with van der Waals surface area (Å²) in [5.74, 6) is -1.75. The van der Waals surface area contributed by atoms with Crippen molar-refractivity contribution in [2.24, 2.45) is 0 Å². The van der Waals surface area contributed by atoms with Crippen molar-refractivity contribution in [1.82, 2.24) is 20.6 Å². The normalized spacial score (nSPS) is 11.2. The first-order valence-electron chi connectivity index (χ1n) is 10.7. The van der Waals surface area contributed by atoms with E-state index in [-0.39, 0.29) is 28.6 Å². The highest BCUT2D eigenvalue weighted by Gasteiger charge is 2.22. The van der Waals surface area contributed by atoms with Gasteiger partial charge >= 0.3 is 12.0 Å². The molecule has 3 rings (SSSR count). The van der Waals surface area contributed by atoms with Gasteiger partial charge in [0.1, 0.15) is 24.1 Å². The van der Waals surface area contributed by atoms with E-state index in [0.717, 1.165) is 0 Å². The van der Waals surface area contributed by atoms with Crippen LogP contribution in [0.15, 0.2) is 54.9 Å². The average Bonchev–Trinajstić information content (AvgIpc) is 2.86. The first kappa shape index (κ1) is 27.3. The number of anilines is 2. The maximum Gasteiger partial charge on any atom is 0.328 e. The number of carbonyl (C=O) groups is 3. The zero-order chi connectivity index (χ0) is 26.8. The number of aromatic hydroxyl groups is 1. The zero-order valence-electron chi connectivity index (χ0n) is 19.1. The second-order valence-corrected chi connectivity index (χ2v) is 8.19. The number of hydrogen-bond donors (Lipinski definition) is 6. The Kier molecular flexibility index (Phi) is 9.69. The van der Waals surface area contributed by atoms with Gasteiger partial charge in [-0.3, -0.25) is 4.79 Å². The number of aromatic nitrogens is 2. The minimum Gasteiger partial charge on any atom is -0.507 e. The molecule has 3 aromatic rings. The molecule has 1 heterocycles. The summed E-state index contributed by atoms with van der Waals surface area (Å²) in [7, 11) is 0. The number of benzene rings is 2. The summed E-state index contributed by atoms with van der Waals surface area (Å²) in [6.07, 6.45) is 3.19. The van der Waals surface area contributed by atoms with Gasteiger partial charge in [0.15, 0.2) is 0 Å². The summed E-state index contributed by atoms with van der Waals surface area (Å²) >= 11 is 11.8. The maximum absolute atomic E-state index is 12.5. The van der Waals surface area contributed by atoms with Gasteiger partial charge in [-0.15, -0.1) is 0 Å². The van der Waals surface area contributed by atoms with E-state index >= 15 is 0 Å². The third kappa shape index (κ3) is 8.40. The predicted molar refractivity (Wildman–Crippen MR) is 136 cm³/mol. The number of phenols is 1. The Morgan fingerprint density at radius 2 is 1.81 bits per heavy atom. The SMILES string of the molecule is O=C(Nc1ccc(Cl)cc1Cl)N[C@@H](CNC(=O)c1ccc(OCCNc2ncccn2)cc1O)C(=O)O. The van der Waals surface area contributed by atoms with E-state index in [0.29, 0.717) is 23.3 Å². The lowest BCUT2D eigenvalue weighted by Crippen LogP contribution is -2.49. The number of phenolic OH excluding ortho intramolecular Hbond substituents is 1. The molecule has 0 saturated heterocycles. The van der Waals surface area contributed by atoms with Crippen LogP contribution in [0.25, 0.3) is 0 Å². The van der Waals surface area contributed by atoms with Crippen molar-refractivity contribution in [3.8, 4) is 11.5 Å². The fraction of sp³-hybridized carbons (Fsp3) is 0.174. The summed E-state index contributed by atoms with van der Waals surface area (Å²) in [6.45, 7) is 0.174. The molecule has 0 unspecified atom stereocenters. The number of carboxylic acid groups (broad SMARTS) is 1. The van der Waals surface area contributed by atoms with E-state index in [1.54, 1.807) is 18.5 Å². The number of nitrogens with one attached hydrogen (secondary N) is 4.